The third kappa shape index (κ3) is 1.97. The summed E-state index contributed by atoms with van der Waals surface area (Å²) in [6.07, 6.45) is 1.71. The number of amides is 1. The van der Waals surface area contributed by atoms with Gasteiger partial charge in [-0.1, -0.05) is 24.9 Å². The van der Waals surface area contributed by atoms with Crippen LogP contribution in [0.2, 0.25) is 5.02 Å². The molecule has 1 aromatic carbocycles. The predicted octanol–water partition coefficient (Wildman–Crippen LogP) is 1.92. The van der Waals surface area contributed by atoms with E-state index in [0.717, 1.165) is 18.4 Å². The summed E-state index contributed by atoms with van der Waals surface area (Å²) in [5.74, 6) is -0.686. The van der Waals surface area contributed by atoms with E-state index in [4.69, 9.17) is 23.1 Å². The second-order valence-corrected chi connectivity index (χ2v) is 4.41. The lowest BCUT2D eigenvalue weighted by Gasteiger charge is -2.09. The van der Waals surface area contributed by atoms with Crippen LogP contribution in [0.3, 0.4) is 0 Å². The summed E-state index contributed by atoms with van der Waals surface area (Å²) in [5, 5.41) is 9.10. The highest BCUT2D eigenvalue weighted by molar-refractivity contribution is 6.32. The Bertz CT molecular complexity index is 627. The molecule has 0 saturated carbocycles. The topological polar surface area (TPSA) is 94.9 Å². The van der Waals surface area contributed by atoms with Crippen molar-refractivity contribution in [1.82, 2.24) is 10.2 Å². The van der Waals surface area contributed by atoms with E-state index in [1.54, 1.807) is 12.1 Å². The van der Waals surface area contributed by atoms with Crippen LogP contribution in [-0.2, 0) is 6.42 Å². The van der Waals surface area contributed by atoms with Crippen molar-refractivity contribution in [2.45, 2.75) is 19.8 Å². The molecular formula is C12H13ClN4O. The predicted molar refractivity (Wildman–Crippen MR) is 71.5 cm³/mol. The van der Waals surface area contributed by atoms with Crippen LogP contribution < -0.4 is 11.5 Å². The van der Waals surface area contributed by atoms with Crippen molar-refractivity contribution in [1.29, 1.82) is 0 Å². The fraction of sp³-hybridized carbons (Fsp3) is 0.250. The fourth-order valence-electron chi connectivity index (χ4n) is 1.89. The lowest BCUT2D eigenvalue weighted by Crippen LogP contribution is -2.17. The number of benzene rings is 1. The maximum atomic E-state index is 11.2. The van der Waals surface area contributed by atoms with E-state index >= 15 is 0 Å². The molecule has 4 N–H and O–H groups in total. The summed E-state index contributed by atoms with van der Waals surface area (Å²) in [6.45, 7) is 2.05. The number of fused-ring (bicyclic) bond motifs is 1. The third-order valence-corrected chi connectivity index (χ3v) is 3.11. The minimum Gasteiger partial charge on any atom is -0.396 e. The molecule has 1 aromatic heterocycles. The van der Waals surface area contributed by atoms with E-state index in [2.05, 4.69) is 10.2 Å². The molecule has 1 amide bonds. The first kappa shape index (κ1) is 12.6. The van der Waals surface area contributed by atoms with Crippen molar-refractivity contribution < 1.29 is 4.79 Å². The van der Waals surface area contributed by atoms with Crippen LogP contribution in [-0.4, -0.2) is 16.1 Å². The molecule has 5 nitrogen and oxygen atoms in total. The van der Waals surface area contributed by atoms with Gasteiger partial charge in [0.25, 0.3) is 5.91 Å². The Kier molecular flexibility index (Phi) is 3.34. The lowest BCUT2D eigenvalue weighted by molar-refractivity contribution is 0.0996. The van der Waals surface area contributed by atoms with Crippen LogP contribution in [0.1, 0.15) is 29.4 Å². The minimum atomic E-state index is -0.686. The molecule has 0 spiro atoms. The van der Waals surface area contributed by atoms with Gasteiger partial charge in [-0.25, -0.2) is 0 Å². The van der Waals surface area contributed by atoms with Gasteiger partial charge in [-0.05, 0) is 24.1 Å². The van der Waals surface area contributed by atoms with Gasteiger partial charge in [0.2, 0.25) is 0 Å². The van der Waals surface area contributed by atoms with E-state index in [9.17, 15) is 4.79 Å². The molecule has 0 aliphatic rings. The number of carbonyl (C=O) groups excluding carboxylic acids is 1. The zero-order valence-electron chi connectivity index (χ0n) is 9.90. The number of hydrogen-bond acceptors (Lipinski definition) is 4. The molecule has 0 radical (unpaired) electrons. The Hall–Kier alpha value is -1.88. The van der Waals surface area contributed by atoms with Crippen molar-refractivity contribution in [2.75, 3.05) is 5.73 Å². The first-order chi connectivity index (χ1) is 8.56. The Morgan fingerprint density at radius 3 is 2.72 bits per heavy atom. The van der Waals surface area contributed by atoms with Crippen molar-refractivity contribution in [3.05, 3.63) is 28.4 Å². The summed E-state index contributed by atoms with van der Waals surface area (Å²) in [6, 6.07) is 3.48. The average Bonchev–Trinajstić information content (AvgIpc) is 2.33. The van der Waals surface area contributed by atoms with Crippen LogP contribution in [0, 0.1) is 0 Å². The van der Waals surface area contributed by atoms with Crippen LogP contribution in [0.15, 0.2) is 12.1 Å². The third-order valence-electron chi connectivity index (χ3n) is 2.75. The number of hydrogen-bond donors (Lipinski definition) is 2. The first-order valence-electron chi connectivity index (χ1n) is 5.59. The number of nitrogens with zero attached hydrogens (tertiary/aromatic N) is 2. The van der Waals surface area contributed by atoms with E-state index in [0.29, 0.717) is 15.9 Å². The number of primary amides is 1. The number of nitrogens with two attached hydrogens (primary N) is 2. The van der Waals surface area contributed by atoms with Crippen LogP contribution in [0.4, 0.5) is 5.69 Å². The van der Waals surface area contributed by atoms with Gasteiger partial charge in [-0.15, -0.1) is 10.2 Å². The number of carbonyl (C=O) groups is 1. The summed E-state index contributed by atoms with van der Waals surface area (Å²) >= 11 is 6.14. The highest BCUT2D eigenvalue weighted by Gasteiger charge is 2.15. The molecular weight excluding hydrogens is 252 g/mol. The van der Waals surface area contributed by atoms with Crippen molar-refractivity contribution in [2.24, 2.45) is 5.73 Å². The number of aryl methyl sites for hydroxylation is 1. The minimum absolute atomic E-state index is 0.00716. The summed E-state index contributed by atoms with van der Waals surface area (Å²) in [7, 11) is 0. The molecule has 18 heavy (non-hydrogen) atoms. The number of nitrogen functional groups attached to an aromatic ring is 1. The molecule has 94 valence electrons. The highest BCUT2D eigenvalue weighted by atomic mass is 35.5. The van der Waals surface area contributed by atoms with E-state index in [-0.39, 0.29) is 11.4 Å². The van der Waals surface area contributed by atoms with Gasteiger partial charge < -0.3 is 11.5 Å². The Labute approximate surface area is 109 Å². The zero-order chi connectivity index (χ0) is 13.3. The molecule has 0 atom stereocenters. The molecule has 0 aliphatic heterocycles. The molecule has 0 bridgehead atoms. The Morgan fingerprint density at radius 2 is 2.11 bits per heavy atom. The molecule has 0 aliphatic carbocycles. The maximum Gasteiger partial charge on any atom is 0.271 e. The number of halogens is 1. The number of rotatable bonds is 3. The van der Waals surface area contributed by atoms with Gasteiger partial charge in [0.1, 0.15) is 0 Å². The van der Waals surface area contributed by atoms with Gasteiger partial charge in [0, 0.05) is 10.4 Å². The second-order valence-electron chi connectivity index (χ2n) is 4.00. The largest absolute Gasteiger partial charge is 0.396 e. The van der Waals surface area contributed by atoms with E-state index < -0.39 is 5.91 Å². The van der Waals surface area contributed by atoms with Gasteiger partial charge in [0.05, 0.1) is 11.2 Å². The average molecular weight is 265 g/mol. The monoisotopic (exact) mass is 264 g/mol. The van der Waals surface area contributed by atoms with Crippen molar-refractivity contribution >= 4 is 34.1 Å². The van der Waals surface area contributed by atoms with Crippen molar-refractivity contribution in [3.8, 4) is 0 Å². The smallest absolute Gasteiger partial charge is 0.271 e. The van der Waals surface area contributed by atoms with Gasteiger partial charge >= 0.3 is 0 Å². The van der Waals surface area contributed by atoms with Crippen LogP contribution >= 0.6 is 11.6 Å². The maximum absolute atomic E-state index is 11.2. The van der Waals surface area contributed by atoms with E-state index in [1.807, 2.05) is 6.92 Å². The molecule has 0 fully saturated rings. The summed E-state index contributed by atoms with van der Waals surface area (Å²) in [5.41, 5.74) is 12.8. The van der Waals surface area contributed by atoms with Crippen molar-refractivity contribution in [3.63, 3.8) is 0 Å². The van der Waals surface area contributed by atoms with Gasteiger partial charge in [-0.3, -0.25) is 4.79 Å². The molecule has 0 saturated heterocycles. The van der Waals surface area contributed by atoms with Gasteiger partial charge in [-0.2, -0.15) is 0 Å². The quantitative estimate of drug-likeness (QED) is 0.885. The highest BCUT2D eigenvalue weighted by Crippen LogP contribution is 2.29. The fourth-order valence-corrected chi connectivity index (χ4v) is 2.14. The standard InChI is InChI=1S/C12H13ClN4O/c1-2-3-6-8(13)5-4-7-9(14)11(12(15)18)17-16-10(6)7/h4-5H,2-3H2,1H3,(H2,14,16)(H2,15,18). The number of anilines is 1. The lowest BCUT2D eigenvalue weighted by atomic mass is 10.0. The molecule has 1 heterocycles. The normalized spacial score (nSPS) is 10.8. The zero-order valence-corrected chi connectivity index (χ0v) is 10.7. The molecule has 6 heteroatoms. The summed E-state index contributed by atoms with van der Waals surface area (Å²) < 4.78 is 0. The number of aromatic nitrogens is 2. The molecule has 0 unspecified atom stereocenters. The Morgan fingerprint density at radius 1 is 1.39 bits per heavy atom. The SMILES string of the molecule is CCCc1c(Cl)ccc2c(N)c(C(N)=O)nnc12. The first-order valence-corrected chi connectivity index (χ1v) is 5.97. The summed E-state index contributed by atoms with van der Waals surface area (Å²) in [4.78, 5) is 11.2. The Balaban J connectivity index is 2.77. The molecule has 2 rings (SSSR count). The van der Waals surface area contributed by atoms with Gasteiger partial charge in [0.15, 0.2) is 5.69 Å². The molecule has 2 aromatic rings. The van der Waals surface area contributed by atoms with Crippen LogP contribution in [0.25, 0.3) is 10.9 Å². The van der Waals surface area contributed by atoms with E-state index in [1.165, 1.54) is 0 Å². The second kappa shape index (κ2) is 4.78. The van der Waals surface area contributed by atoms with Crippen LogP contribution in [0.5, 0.6) is 0 Å².